The summed E-state index contributed by atoms with van der Waals surface area (Å²) in [4.78, 5) is 18.1. The summed E-state index contributed by atoms with van der Waals surface area (Å²) in [6.45, 7) is 3.52. The van der Waals surface area contributed by atoms with E-state index in [0.29, 0.717) is 6.04 Å². The van der Waals surface area contributed by atoms with Gasteiger partial charge in [0.1, 0.15) is 0 Å². The maximum Gasteiger partial charge on any atom is 0.186 e. The largest absolute Gasteiger partial charge is 0.381 e. The molecule has 0 bridgehead atoms. The average Bonchev–Trinajstić information content (AvgIpc) is 2.71. The highest BCUT2D eigenvalue weighted by molar-refractivity contribution is 7.17. The number of carbonyl (C=O) groups excluding carboxylic acids is 1. The third-order valence-electron chi connectivity index (χ3n) is 2.97. The van der Waals surface area contributed by atoms with Crippen LogP contribution >= 0.6 is 11.3 Å². The molecule has 1 aromatic heterocycles. The van der Waals surface area contributed by atoms with E-state index in [1.54, 1.807) is 0 Å². The van der Waals surface area contributed by atoms with Crippen molar-refractivity contribution in [3.63, 3.8) is 0 Å². The van der Waals surface area contributed by atoms with Crippen LogP contribution in [0.1, 0.15) is 28.2 Å². The van der Waals surface area contributed by atoms with Crippen LogP contribution in [0.5, 0.6) is 0 Å². The number of ether oxygens (including phenoxy) is 1. The molecule has 0 N–H and O–H groups in total. The minimum atomic E-state index is 0.485. The molecular weight excluding hydrogens is 224 g/mol. The van der Waals surface area contributed by atoms with Crippen molar-refractivity contribution < 1.29 is 9.53 Å². The molecule has 1 fully saturated rings. The van der Waals surface area contributed by atoms with Crippen LogP contribution in [0.15, 0.2) is 0 Å². The van der Waals surface area contributed by atoms with E-state index in [2.05, 4.69) is 9.88 Å². The topological polar surface area (TPSA) is 42.4 Å². The summed E-state index contributed by atoms with van der Waals surface area (Å²) in [6, 6.07) is 0.485. The number of aldehydes is 1. The Bertz CT molecular complexity index is 372. The normalized spacial score (nSPS) is 17.4. The lowest BCUT2D eigenvalue weighted by Gasteiger charge is -2.30. The van der Waals surface area contributed by atoms with Gasteiger partial charge in [0.25, 0.3) is 0 Å². The fourth-order valence-electron chi connectivity index (χ4n) is 1.88. The van der Waals surface area contributed by atoms with E-state index in [1.807, 2.05) is 14.0 Å². The van der Waals surface area contributed by atoms with Crippen molar-refractivity contribution in [2.45, 2.75) is 25.8 Å². The van der Waals surface area contributed by atoms with Crippen molar-refractivity contribution in [3.8, 4) is 0 Å². The Labute approximate surface area is 99.2 Å². The Hall–Kier alpha value is -0.940. The van der Waals surface area contributed by atoms with Gasteiger partial charge in [-0.15, -0.1) is 0 Å². The van der Waals surface area contributed by atoms with Gasteiger partial charge in [-0.1, -0.05) is 11.3 Å². The molecule has 4 nitrogen and oxygen atoms in total. The Morgan fingerprint density at radius 1 is 1.50 bits per heavy atom. The van der Waals surface area contributed by atoms with Gasteiger partial charge in [-0.2, -0.15) is 0 Å². The van der Waals surface area contributed by atoms with E-state index < -0.39 is 0 Å². The predicted octanol–water partition coefficient (Wildman–Crippen LogP) is 1.88. The van der Waals surface area contributed by atoms with Gasteiger partial charge in [-0.3, -0.25) is 4.79 Å². The Morgan fingerprint density at radius 3 is 2.75 bits per heavy atom. The van der Waals surface area contributed by atoms with Crippen molar-refractivity contribution in [1.29, 1.82) is 0 Å². The zero-order valence-electron chi connectivity index (χ0n) is 9.60. The summed E-state index contributed by atoms with van der Waals surface area (Å²) in [5, 5.41) is 0.937. The average molecular weight is 240 g/mol. The Kier molecular flexibility index (Phi) is 3.56. The minimum absolute atomic E-state index is 0.485. The van der Waals surface area contributed by atoms with Crippen molar-refractivity contribution in [3.05, 3.63) is 10.6 Å². The van der Waals surface area contributed by atoms with Gasteiger partial charge in [0.15, 0.2) is 11.4 Å². The molecule has 0 atom stereocenters. The number of carbonyl (C=O) groups is 1. The molecule has 1 aliphatic heterocycles. The van der Waals surface area contributed by atoms with Crippen LogP contribution < -0.4 is 4.90 Å². The van der Waals surface area contributed by atoms with Gasteiger partial charge < -0.3 is 9.64 Å². The van der Waals surface area contributed by atoms with Gasteiger partial charge >= 0.3 is 0 Å². The molecule has 2 heterocycles. The van der Waals surface area contributed by atoms with Gasteiger partial charge in [-0.25, -0.2) is 4.98 Å². The summed E-state index contributed by atoms with van der Waals surface area (Å²) in [5.41, 5.74) is 0.828. The fourth-order valence-corrected chi connectivity index (χ4v) is 2.80. The Balaban J connectivity index is 2.12. The second-order valence-electron chi connectivity index (χ2n) is 4.02. The molecule has 5 heteroatoms. The molecule has 2 rings (SSSR count). The first-order valence-electron chi connectivity index (χ1n) is 5.45. The number of anilines is 1. The molecule has 0 amide bonds. The Morgan fingerprint density at radius 2 is 2.19 bits per heavy atom. The van der Waals surface area contributed by atoms with Crippen molar-refractivity contribution in [2.75, 3.05) is 25.2 Å². The zero-order valence-corrected chi connectivity index (χ0v) is 10.4. The number of nitrogens with zero attached hydrogens (tertiary/aromatic N) is 2. The molecule has 0 spiro atoms. The lowest BCUT2D eigenvalue weighted by atomic mass is 10.1. The van der Waals surface area contributed by atoms with E-state index in [-0.39, 0.29) is 0 Å². The first-order chi connectivity index (χ1) is 7.72. The molecule has 1 aromatic rings. The molecule has 1 saturated heterocycles. The summed E-state index contributed by atoms with van der Waals surface area (Å²) < 4.78 is 5.34. The third-order valence-corrected chi connectivity index (χ3v) is 4.14. The molecule has 0 aliphatic carbocycles. The van der Waals surface area contributed by atoms with E-state index in [0.717, 1.165) is 48.0 Å². The maximum absolute atomic E-state index is 10.8. The van der Waals surface area contributed by atoms with Gasteiger partial charge in [0.2, 0.25) is 0 Å². The maximum atomic E-state index is 10.8. The third kappa shape index (κ3) is 2.25. The van der Waals surface area contributed by atoms with Crippen LogP contribution in [0.3, 0.4) is 0 Å². The first-order valence-corrected chi connectivity index (χ1v) is 6.27. The quantitative estimate of drug-likeness (QED) is 0.757. The monoisotopic (exact) mass is 240 g/mol. The molecule has 0 unspecified atom stereocenters. The van der Waals surface area contributed by atoms with Gasteiger partial charge in [0, 0.05) is 26.3 Å². The van der Waals surface area contributed by atoms with Crippen LogP contribution in [-0.2, 0) is 4.74 Å². The second-order valence-corrected chi connectivity index (χ2v) is 5.03. The molecule has 88 valence electrons. The highest BCUT2D eigenvalue weighted by Gasteiger charge is 2.21. The number of thiazole rings is 1. The molecular formula is C11H16N2O2S. The lowest BCUT2D eigenvalue weighted by Crippen LogP contribution is -2.36. The number of aryl methyl sites for hydroxylation is 1. The molecule has 0 aromatic carbocycles. The highest BCUT2D eigenvalue weighted by atomic mass is 32.1. The second kappa shape index (κ2) is 4.93. The molecule has 0 radical (unpaired) electrons. The predicted molar refractivity (Wildman–Crippen MR) is 64.5 cm³/mol. The SMILES string of the molecule is Cc1nc(N(C)C2CCOCC2)sc1C=O. The number of hydrogen-bond donors (Lipinski definition) is 0. The van der Waals surface area contributed by atoms with Crippen molar-refractivity contribution in [1.82, 2.24) is 4.98 Å². The van der Waals surface area contributed by atoms with Gasteiger partial charge in [-0.05, 0) is 19.8 Å². The summed E-state index contributed by atoms with van der Waals surface area (Å²) in [6.07, 6.45) is 2.95. The fraction of sp³-hybridized carbons (Fsp3) is 0.636. The van der Waals surface area contributed by atoms with Crippen molar-refractivity contribution in [2.24, 2.45) is 0 Å². The summed E-state index contributed by atoms with van der Waals surface area (Å²) in [7, 11) is 2.04. The van der Waals surface area contributed by atoms with Crippen LogP contribution in [0, 0.1) is 6.92 Å². The summed E-state index contributed by atoms with van der Waals surface area (Å²) in [5.74, 6) is 0. The van der Waals surface area contributed by atoms with Crippen molar-refractivity contribution >= 4 is 22.8 Å². The van der Waals surface area contributed by atoms with Crippen LogP contribution in [0.4, 0.5) is 5.13 Å². The van der Waals surface area contributed by atoms with E-state index >= 15 is 0 Å². The molecule has 16 heavy (non-hydrogen) atoms. The lowest BCUT2D eigenvalue weighted by molar-refractivity contribution is 0.0855. The van der Waals surface area contributed by atoms with E-state index in [4.69, 9.17) is 4.74 Å². The summed E-state index contributed by atoms with van der Waals surface area (Å²) >= 11 is 1.47. The minimum Gasteiger partial charge on any atom is -0.381 e. The smallest absolute Gasteiger partial charge is 0.186 e. The first kappa shape index (κ1) is 11.5. The van der Waals surface area contributed by atoms with Crippen LogP contribution in [-0.4, -0.2) is 37.6 Å². The van der Waals surface area contributed by atoms with Crippen LogP contribution in [0.25, 0.3) is 0 Å². The van der Waals surface area contributed by atoms with E-state index in [1.165, 1.54) is 11.3 Å². The number of aromatic nitrogens is 1. The standard InChI is InChI=1S/C11H16N2O2S/c1-8-10(7-14)16-11(12-8)13(2)9-3-5-15-6-4-9/h7,9H,3-6H2,1-2H3. The molecule has 1 aliphatic rings. The van der Waals surface area contributed by atoms with Gasteiger partial charge in [0.05, 0.1) is 10.6 Å². The molecule has 0 saturated carbocycles. The number of rotatable bonds is 3. The number of hydrogen-bond acceptors (Lipinski definition) is 5. The van der Waals surface area contributed by atoms with Crippen LogP contribution in [0.2, 0.25) is 0 Å². The highest BCUT2D eigenvalue weighted by Crippen LogP contribution is 2.27. The van der Waals surface area contributed by atoms with E-state index in [9.17, 15) is 4.79 Å². The zero-order chi connectivity index (χ0) is 11.5.